The van der Waals surface area contributed by atoms with E-state index in [2.05, 4.69) is 5.32 Å². The van der Waals surface area contributed by atoms with Crippen LogP contribution in [0.4, 0.5) is 4.79 Å². The number of benzene rings is 1. The van der Waals surface area contributed by atoms with Gasteiger partial charge in [0.15, 0.2) is 11.5 Å². The summed E-state index contributed by atoms with van der Waals surface area (Å²) in [5, 5.41) is 2.97. The summed E-state index contributed by atoms with van der Waals surface area (Å²) in [7, 11) is 0. The molecular weight excluding hydrogens is 348 g/mol. The van der Waals surface area contributed by atoms with Crippen molar-refractivity contribution in [3.8, 4) is 11.5 Å². The van der Waals surface area contributed by atoms with Crippen molar-refractivity contribution in [2.24, 2.45) is 11.8 Å². The molecule has 1 aromatic carbocycles. The number of likely N-dealkylation sites (tertiary alicyclic amines) is 1. The summed E-state index contributed by atoms with van der Waals surface area (Å²) in [6.07, 6.45) is 0.806. The summed E-state index contributed by atoms with van der Waals surface area (Å²) >= 11 is 0. The van der Waals surface area contributed by atoms with Crippen LogP contribution < -0.4 is 14.8 Å². The van der Waals surface area contributed by atoms with E-state index in [1.165, 1.54) is 0 Å². The van der Waals surface area contributed by atoms with Gasteiger partial charge in [0.2, 0.25) is 0 Å². The van der Waals surface area contributed by atoms with Gasteiger partial charge in [-0.05, 0) is 51.2 Å². The Hall–Kier alpha value is -2.44. The van der Waals surface area contributed by atoms with Gasteiger partial charge in [-0.3, -0.25) is 4.79 Å². The summed E-state index contributed by atoms with van der Waals surface area (Å²) in [5.41, 5.74) is -0.0701. The minimum absolute atomic E-state index is 0.0227. The molecule has 0 radical (unpaired) electrons. The van der Waals surface area contributed by atoms with Crippen molar-refractivity contribution in [2.75, 3.05) is 26.3 Å². The molecule has 1 N–H and O–H groups in total. The van der Waals surface area contributed by atoms with Crippen LogP contribution in [0.3, 0.4) is 0 Å². The molecule has 7 nitrogen and oxygen atoms in total. The quantitative estimate of drug-likeness (QED) is 0.879. The molecule has 3 unspecified atom stereocenters. The number of carbonyl (C=O) groups excluding carboxylic acids is 2. The normalized spacial score (nSPS) is 25.6. The number of amides is 2. The molecule has 1 saturated carbocycles. The number of fused-ring (bicyclic) bond motifs is 2. The zero-order valence-corrected chi connectivity index (χ0v) is 16.0. The Morgan fingerprint density at radius 1 is 1.26 bits per heavy atom. The molecule has 4 rings (SSSR count). The van der Waals surface area contributed by atoms with Gasteiger partial charge in [-0.25, -0.2) is 4.79 Å². The van der Waals surface area contributed by atoms with Gasteiger partial charge < -0.3 is 24.4 Å². The third kappa shape index (κ3) is 3.68. The van der Waals surface area contributed by atoms with Gasteiger partial charge in [-0.15, -0.1) is 0 Å². The highest BCUT2D eigenvalue weighted by atomic mass is 16.6. The predicted molar refractivity (Wildman–Crippen MR) is 98.1 cm³/mol. The molecule has 3 aliphatic rings. The van der Waals surface area contributed by atoms with E-state index in [-0.39, 0.29) is 18.0 Å². The maximum atomic E-state index is 12.7. The van der Waals surface area contributed by atoms with Gasteiger partial charge in [-0.1, -0.05) is 6.07 Å². The molecule has 146 valence electrons. The maximum Gasteiger partial charge on any atom is 0.410 e. The summed E-state index contributed by atoms with van der Waals surface area (Å²) < 4.78 is 16.7. The number of hydrogen-bond acceptors (Lipinski definition) is 5. The fourth-order valence-corrected chi connectivity index (χ4v) is 3.91. The van der Waals surface area contributed by atoms with Gasteiger partial charge >= 0.3 is 6.09 Å². The lowest BCUT2D eigenvalue weighted by Gasteiger charge is -2.30. The molecular formula is C20H26N2O5. The van der Waals surface area contributed by atoms with Crippen LogP contribution in [0.5, 0.6) is 11.5 Å². The second-order valence-corrected chi connectivity index (χ2v) is 8.40. The lowest BCUT2D eigenvalue weighted by atomic mass is 10.1. The Bertz CT molecular complexity index is 757. The van der Waals surface area contributed by atoms with Crippen LogP contribution in [0.15, 0.2) is 18.2 Å². The van der Waals surface area contributed by atoms with Crippen molar-refractivity contribution in [1.82, 2.24) is 10.2 Å². The minimum atomic E-state index is -0.530. The Labute approximate surface area is 158 Å². The first-order valence-electron chi connectivity index (χ1n) is 9.50. The number of rotatable bonds is 3. The maximum absolute atomic E-state index is 12.7. The van der Waals surface area contributed by atoms with E-state index in [9.17, 15) is 9.59 Å². The number of ether oxygens (including phenoxy) is 3. The number of piperidine rings is 1. The minimum Gasteiger partial charge on any atom is -0.486 e. The van der Waals surface area contributed by atoms with Gasteiger partial charge in [0.05, 0.1) is 11.6 Å². The molecule has 0 spiro atoms. The van der Waals surface area contributed by atoms with E-state index >= 15 is 0 Å². The number of nitrogens with zero attached hydrogens (tertiary/aromatic N) is 1. The molecule has 1 aromatic rings. The predicted octanol–water partition coefficient (Wildman–Crippen LogP) is 2.44. The van der Waals surface area contributed by atoms with Crippen LogP contribution in [0.2, 0.25) is 0 Å². The monoisotopic (exact) mass is 374 g/mol. The molecule has 2 fully saturated rings. The lowest BCUT2D eigenvalue weighted by Crippen LogP contribution is -2.47. The lowest BCUT2D eigenvalue weighted by molar-refractivity contribution is 0.0192. The number of carbonyl (C=O) groups is 2. The summed E-state index contributed by atoms with van der Waals surface area (Å²) in [4.78, 5) is 27.0. The standard InChI is InChI=1S/C20H26N2O5/c1-20(2,3)27-19(24)22-11-12-9-14(12)15(22)10-21-18(23)13-5-4-6-16-17(13)26-8-7-25-16/h4-6,12,14-15H,7-11H2,1-3H3,(H,21,23). The zero-order chi connectivity index (χ0) is 19.2. The first-order chi connectivity index (χ1) is 12.8. The number of nitrogens with one attached hydrogen (secondary N) is 1. The molecule has 2 aliphatic heterocycles. The van der Waals surface area contributed by atoms with Crippen LogP contribution >= 0.6 is 0 Å². The summed E-state index contributed by atoms with van der Waals surface area (Å²) in [6.45, 7) is 7.60. The molecule has 1 aliphatic carbocycles. The Balaban J connectivity index is 1.42. The van der Waals surface area contributed by atoms with Crippen molar-refractivity contribution in [2.45, 2.75) is 38.8 Å². The van der Waals surface area contributed by atoms with Crippen LogP contribution in [-0.4, -0.2) is 54.8 Å². The molecule has 0 bridgehead atoms. The number of hydrogen-bond donors (Lipinski definition) is 1. The molecule has 2 heterocycles. The fraction of sp³-hybridized carbons (Fsp3) is 0.600. The van der Waals surface area contributed by atoms with Crippen molar-refractivity contribution >= 4 is 12.0 Å². The average molecular weight is 374 g/mol. The number of para-hydroxylation sites is 1. The highest BCUT2D eigenvalue weighted by molar-refractivity contribution is 5.97. The van der Waals surface area contributed by atoms with Crippen LogP contribution in [0, 0.1) is 11.8 Å². The summed E-state index contributed by atoms with van der Waals surface area (Å²) in [6, 6.07) is 5.28. The second-order valence-electron chi connectivity index (χ2n) is 8.40. The van der Waals surface area contributed by atoms with E-state index in [0.717, 1.165) is 6.42 Å². The highest BCUT2D eigenvalue weighted by Gasteiger charge is 2.54. The average Bonchev–Trinajstić information content (AvgIpc) is 3.30. The third-order valence-electron chi connectivity index (χ3n) is 5.21. The van der Waals surface area contributed by atoms with E-state index in [1.54, 1.807) is 23.1 Å². The first-order valence-corrected chi connectivity index (χ1v) is 9.50. The van der Waals surface area contributed by atoms with E-state index in [0.29, 0.717) is 55.2 Å². The smallest absolute Gasteiger partial charge is 0.410 e. The zero-order valence-electron chi connectivity index (χ0n) is 16.0. The van der Waals surface area contributed by atoms with Gasteiger partial charge in [-0.2, -0.15) is 0 Å². The van der Waals surface area contributed by atoms with Crippen LogP contribution in [0.1, 0.15) is 37.6 Å². The topological polar surface area (TPSA) is 77.1 Å². The fourth-order valence-electron chi connectivity index (χ4n) is 3.91. The third-order valence-corrected chi connectivity index (χ3v) is 5.21. The van der Waals surface area contributed by atoms with Crippen LogP contribution in [-0.2, 0) is 4.74 Å². The Morgan fingerprint density at radius 3 is 2.81 bits per heavy atom. The molecule has 0 aromatic heterocycles. The second kappa shape index (κ2) is 6.62. The van der Waals surface area contributed by atoms with Gasteiger partial charge in [0, 0.05) is 13.1 Å². The van der Waals surface area contributed by atoms with Crippen molar-refractivity contribution in [3.05, 3.63) is 23.8 Å². The summed E-state index contributed by atoms with van der Waals surface area (Å²) in [5.74, 6) is 1.83. The van der Waals surface area contributed by atoms with E-state index in [1.807, 2.05) is 20.8 Å². The van der Waals surface area contributed by atoms with Crippen LogP contribution in [0.25, 0.3) is 0 Å². The van der Waals surface area contributed by atoms with Gasteiger partial charge in [0.25, 0.3) is 5.91 Å². The van der Waals surface area contributed by atoms with Crippen molar-refractivity contribution in [3.63, 3.8) is 0 Å². The Kier molecular flexibility index (Phi) is 4.40. The molecule has 7 heteroatoms. The molecule has 1 saturated heterocycles. The van der Waals surface area contributed by atoms with Gasteiger partial charge in [0.1, 0.15) is 18.8 Å². The first kappa shape index (κ1) is 17.9. The SMILES string of the molecule is CC(C)(C)OC(=O)N1CC2CC2C1CNC(=O)c1cccc2c1OCCO2. The largest absolute Gasteiger partial charge is 0.486 e. The molecule has 2 amide bonds. The van der Waals surface area contributed by atoms with Crippen molar-refractivity contribution < 1.29 is 23.8 Å². The molecule has 3 atom stereocenters. The highest BCUT2D eigenvalue weighted by Crippen LogP contribution is 2.49. The Morgan fingerprint density at radius 2 is 2.04 bits per heavy atom. The van der Waals surface area contributed by atoms with Crippen molar-refractivity contribution in [1.29, 1.82) is 0 Å². The molecule has 27 heavy (non-hydrogen) atoms. The van der Waals surface area contributed by atoms with E-state index in [4.69, 9.17) is 14.2 Å². The van der Waals surface area contributed by atoms with E-state index < -0.39 is 5.60 Å².